The van der Waals surface area contributed by atoms with Gasteiger partial charge in [0.05, 0.1) is 11.0 Å². The van der Waals surface area contributed by atoms with Gasteiger partial charge in [-0.1, -0.05) is 147 Å². The molecule has 0 radical (unpaired) electrons. The molecule has 1 aromatic heterocycles. The Balaban J connectivity index is 0.980. The standard InChI is InChI=1S/C55H40N2/c1-55(2)50-23-12-11-22-47(50)48-31-30-45(36-51(48)55)56(42-17-5-3-6-18-42)44-28-24-37(25-29-44)39-15-13-16-40(34-39)41-27-32-52-49(35-41)54-46-21-10-9-14-38(46)26-33-53(54)57(52)43-19-7-4-8-20-43/h3-36H,1-2H3. The minimum atomic E-state index is -0.0730. The summed E-state index contributed by atoms with van der Waals surface area (Å²) in [6, 6.07) is 75.5. The van der Waals surface area contributed by atoms with Gasteiger partial charge in [-0.15, -0.1) is 0 Å². The van der Waals surface area contributed by atoms with Crippen molar-refractivity contribution in [1.29, 1.82) is 0 Å². The maximum Gasteiger partial charge on any atom is 0.0547 e. The zero-order valence-electron chi connectivity index (χ0n) is 32.0. The molecule has 1 heterocycles. The molecule has 0 saturated carbocycles. The van der Waals surface area contributed by atoms with Crippen LogP contribution in [0.1, 0.15) is 25.0 Å². The number of benzene rings is 9. The van der Waals surface area contributed by atoms with Crippen LogP contribution >= 0.6 is 0 Å². The number of fused-ring (bicyclic) bond motifs is 8. The Kier molecular flexibility index (Phi) is 7.55. The summed E-state index contributed by atoms with van der Waals surface area (Å²) in [5.74, 6) is 0. The van der Waals surface area contributed by atoms with E-state index in [1.165, 1.54) is 82.8 Å². The number of nitrogens with zero attached hydrogens (tertiary/aromatic N) is 2. The molecule has 57 heavy (non-hydrogen) atoms. The van der Waals surface area contributed by atoms with Crippen molar-refractivity contribution >= 4 is 49.6 Å². The maximum atomic E-state index is 2.40. The molecule has 0 amide bonds. The summed E-state index contributed by atoms with van der Waals surface area (Å²) in [5, 5.41) is 5.08. The van der Waals surface area contributed by atoms with Crippen LogP contribution in [0.5, 0.6) is 0 Å². The predicted molar refractivity (Wildman–Crippen MR) is 241 cm³/mol. The van der Waals surface area contributed by atoms with Gasteiger partial charge >= 0.3 is 0 Å². The van der Waals surface area contributed by atoms with Crippen LogP contribution in [0.25, 0.3) is 71.6 Å². The van der Waals surface area contributed by atoms with E-state index in [1.807, 2.05) is 0 Å². The van der Waals surface area contributed by atoms with Gasteiger partial charge in [-0.25, -0.2) is 0 Å². The van der Waals surface area contributed by atoms with Crippen molar-refractivity contribution in [2.45, 2.75) is 19.3 Å². The molecule has 270 valence electrons. The van der Waals surface area contributed by atoms with Crippen LogP contribution in [0.2, 0.25) is 0 Å². The first-order valence-corrected chi connectivity index (χ1v) is 19.8. The predicted octanol–water partition coefficient (Wildman–Crippen LogP) is 15.0. The van der Waals surface area contributed by atoms with Gasteiger partial charge in [-0.05, 0) is 128 Å². The second kappa shape index (κ2) is 13.0. The Morgan fingerprint density at radius 2 is 1.00 bits per heavy atom. The third kappa shape index (κ3) is 5.33. The Labute approximate surface area is 333 Å². The lowest BCUT2D eigenvalue weighted by molar-refractivity contribution is 0.660. The summed E-state index contributed by atoms with van der Waals surface area (Å²) in [7, 11) is 0. The molecular formula is C55H40N2. The fraction of sp³-hybridized carbons (Fsp3) is 0.0545. The molecule has 0 fully saturated rings. The average molecular weight is 729 g/mol. The molecule has 2 nitrogen and oxygen atoms in total. The van der Waals surface area contributed by atoms with Crippen molar-refractivity contribution in [2.24, 2.45) is 0 Å². The van der Waals surface area contributed by atoms with Crippen molar-refractivity contribution in [3.63, 3.8) is 0 Å². The minimum Gasteiger partial charge on any atom is -0.310 e. The van der Waals surface area contributed by atoms with Crippen molar-refractivity contribution in [1.82, 2.24) is 4.57 Å². The third-order valence-corrected chi connectivity index (χ3v) is 12.2. The third-order valence-electron chi connectivity index (χ3n) is 12.2. The molecule has 10 aromatic rings. The van der Waals surface area contributed by atoms with Crippen LogP contribution in [0.4, 0.5) is 17.1 Å². The molecular weight excluding hydrogens is 689 g/mol. The first-order valence-electron chi connectivity index (χ1n) is 19.8. The van der Waals surface area contributed by atoms with Gasteiger partial charge in [0.2, 0.25) is 0 Å². The Morgan fingerprint density at radius 3 is 1.82 bits per heavy atom. The van der Waals surface area contributed by atoms with E-state index in [4.69, 9.17) is 0 Å². The van der Waals surface area contributed by atoms with Crippen molar-refractivity contribution in [2.75, 3.05) is 4.90 Å². The zero-order chi connectivity index (χ0) is 38.1. The number of anilines is 3. The van der Waals surface area contributed by atoms with Gasteiger partial charge in [-0.3, -0.25) is 0 Å². The van der Waals surface area contributed by atoms with Crippen molar-refractivity contribution in [3.8, 4) is 39.1 Å². The maximum absolute atomic E-state index is 2.40. The molecule has 0 atom stereocenters. The van der Waals surface area contributed by atoms with E-state index in [0.717, 1.165) is 17.1 Å². The average Bonchev–Trinajstić information content (AvgIpc) is 3.73. The topological polar surface area (TPSA) is 8.17 Å². The second-order valence-electron chi connectivity index (χ2n) is 15.8. The van der Waals surface area contributed by atoms with Crippen LogP contribution in [0.3, 0.4) is 0 Å². The molecule has 1 aliphatic rings. The van der Waals surface area contributed by atoms with E-state index in [0.29, 0.717) is 0 Å². The van der Waals surface area contributed by atoms with E-state index in [1.54, 1.807) is 0 Å². The lowest BCUT2D eigenvalue weighted by Gasteiger charge is -2.28. The first kappa shape index (κ1) is 33.2. The summed E-state index contributed by atoms with van der Waals surface area (Å²) in [5.41, 5.74) is 17.2. The highest BCUT2D eigenvalue weighted by Crippen LogP contribution is 2.50. The second-order valence-corrected chi connectivity index (χ2v) is 15.8. The summed E-state index contributed by atoms with van der Waals surface area (Å²) < 4.78 is 2.40. The smallest absolute Gasteiger partial charge is 0.0547 e. The van der Waals surface area contributed by atoms with Crippen molar-refractivity contribution in [3.05, 3.63) is 217 Å². The summed E-state index contributed by atoms with van der Waals surface area (Å²) in [6.45, 7) is 4.69. The molecule has 1 aliphatic carbocycles. The van der Waals surface area contributed by atoms with Crippen LogP contribution in [-0.4, -0.2) is 4.57 Å². The van der Waals surface area contributed by atoms with Crippen molar-refractivity contribution < 1.29 is 0 Å². The molecule has 0 aliphatic heterocycles. The van der Waals surface area contributed by atoms with E-state index >= 15 is 0 Å². The van der Waals surface area contributed by atoms with Crippen LogP contribution in [-0.2, 0) is 5.41 Å². The lowest BCUT2D eigenvalue weighted by atomic mass is 9.82. The highest BCUT2D eigenvalue weighted by molar-refractivity contribution is 6.22. The number of rotatable bonds is 6. The molecule has 9 aromatic carbocycles. The van der Waals surface area contributed by atoms with Crippen LogP contribution in [0.15, 0.2) is 206 Å². The van der Waals surface area contributed by atoms with E-state index in [2.05, 4.69) is 230 Å². The monoisotopic (exact) mass is 728 g/mol. The molecule has 0 N–H and O–H groups in total. The largest absolute Gasteiger partial charge is 0.310 e. The number of hydrogen-bond donors (Lipinski definition) is 0. The fourth-order valence-electron chi connectivity index (χ4n) is 9.36. The molecule has 2 heteroatoms. The number of aromatic nitrogens is 1. The van der Waals surface area contributed by atoms with Gasteiger partial charge in [0.15, 0.2) is 0 Å². The number of para-hydroxylation sites is 2. The number of hydrogen-bond acceptors (Lipinski definition) is 1. The van der Waals surface area contributed by atoms with Gasteiger partial charge in [0.1, 0.15) is 0 Å². The molecule has 0 spiro atoms. The van der Waals surface area contributed by atoms with Crippen LogP contribution in [0, 0.1) is 0 Å². The Bertz CT molecular complexity index is 3130. The molecule has 0 bridgehead atoms. The minimum absolute atomic E-state index is 0.0730. The van der Waals surface area contributed by atoms with Gasteiger partial charge in [0, 0.05) is 38.9 Å². The quantitative estimate of drug-likeness (QED) is 0.165. The molecule has 0 unspecified atom stereocenters. The molecule has 0 saturated heterocycles. The van der Waals surface area contributed by atoms with E-state index < -0.39 is 0 Å². The summed E-state index contributed by atoms with van der Waals surface area (Å²) in [4.78, 5) is 2.38. The molecule has 11 rings (SSSR count). The summed E-state index contributed by atoms with van der Waals surface area (Å²) in [6.07, 6.45) is 0. The van der Waals surface area contributed by atoms with Gasteiger partial charge < -0.3 is 9.47 Å². The Morgan fingerprint density at radius 1 is 0.386 bits per heavy atom. The Hall–Kier alpha value is -7.16. The lowest BCUT2D eigenvalue weighted by Crippen LogP contribution is -2.16. The SMILES string of the molecule is CC1(C)c2ccccc2-c2ccc(N(c3ccccc3)c3ccc(-c4cccc(-c5ccc6c(c5)c5c7ccccc7ccc5n6-c5ccccc5)c4)cc3)cc21. The normalized spacial score (nSPS) is 12.9. The zero-order valence-corrected chi connectivity index (χ0v) is 32.0. The van der Waals surface area contributed by atoms with Gasteiger partial charge in [0.25, 0.3) is 0 Å². The summed E-state index contributed by atoms with van der Waals surface area (Å²) >= 11 is 0. The van der Waals surface area contributed by atoms with E-state index in [-0.39, 0.29) is 5.41 Å². The highest BCUT2D eigenvalue weighted by Gasteiger charge is 2.35. The van der Waals surface area contributed by atoms with Crippen LogP contribution < -0.4 is 4.90 Å². The van der Waals surface area contributed by atoms with Gasteiger partial charge in [-0.2, -0.15) is 0 Å². The first-order chi connectivity index (χ1) is 28.0. The highest BCUT2D eigenvalue weighted by atomic mass is 15.1. The fourth-order valence-corrected chi connectivity index (χ4v) is 9.36. The van der Waals surface area contributed by atoms with E-state index in [9.17, 15) is 0 Å².